The summed E-state index contributed by atoms with van der Waals surface area (Å²) in [6.07, 6.45) is 5.22. The summed E-state index contributed by atoms with van der Waals surface area (Å²) < 4.78 is 0. The first kappa shape index (κ1) is 18.0. The zero-order valence-electron chi connectivity index (χ0n) is 15.7. The maximum absolute atomic E-state index is 12.9. The number of aromatic nitrogens is 4. The monoisotopic (exact) mass is 408 g/mol. The summed E-state index contributed by atoms with van der Waals surface area (Å²) in [5.74, 6) is 0.0420. The summed E-state index contributed by atoms with van der Waals surface area (Å²) in [5, 5.41) is 12.1. The summed E-state index contributed by atoms with van der Waals surface area (Å²) in [7, 11) is 0. The summed E-state index contributed by atoms with van der Waals surface area (Å²) in [6.45, 7) is 1.05. The van der Waals surface area contributed by atoms with Gasteiger partial charge in [-0.1, -0.05) is 36.0 Å². The van der Waals surface area contributed by atoms with Gasteiger partial charge in [0.15, 0.2) is 10.8 Å². The van der Waals surface area contributed by atoms with Crippen molar-refractivity contribution in [3.8, 4) is 5.69 Å². The molecule has 1 saturated carbocycles. The van der Waals surface area contributed by atoms with E-state index in [0.717, 1.165) is 35.5 Å². The van der Waals surface area contributed by atoms with E-state index in [2.05, 4.69) is 20.5 Å². The number of thiazole rings is 1. The van der Waals surface area contributed by atoms with Crippen molar-refractivity contribution < 1.29 is 9.59 Å². The van der Waals surface area contributed by atoms with Gasteiger partial charge in [0.2, 0.25) is 5.91 Å². The first-order valence-corrected chi connectivity index (χ1v) is 10.6. The SMILES string of the molecule is O=C(Nc1nc2c(s1)CN(C(=O)c1cnn(-c3ccccc3)n1)CC2)C1CCC1. The van der Waals surface area contributed by atoms with Gasteiger partial charge in [0, 0.05) is 23.8 Å². The maximum atomic E-state index is 12.9. The number of carbonyl (C=O) groups excluding carboxylic acids is 2. The largest absolute Gasteiger partial charge is 0.332 e. The Kier molecular flexibility index (Phi) is 4.59. The Hall–Kier alpha value is -3.07. The van der Waals surface area contributed by atoms with Crippen LogP contribution < -0.4 is 5.32 Å². The van der Waals surface area contributed by atoms with Gasteiger partial charge in [0.25, 0.3) is 5.91 Å². The van der Waals surface area contributed by atoms with E-state index in [0.29, 0.717) is 30.3 Å². The number of para-hydroxylation sites is 1. The Labute approximate surface area is 171 Å². The fourth-order valence-corrected chi connectivity index (χ4v) is 4.54. The van der Waals surface area contributed by atoms with Crippen LogP contribution in [0.1, 0.15) is 40.3 Å². The first-order chi connectivity index (χ1) is 14.2. The van der Waals surface area contributed by atoms with Crippen LogP contribution in [0.3, 0.4) is 0 Å². The van der Waals surface area contributed by atoms with Crippen molar-refractivity contribution in [3.63, 3.8) is 0 Å². The van der Waals surface area contributed by atoms with Crippen molar-refractivity contribution in [1.82, 2.24) is 24.9 Å². The van der Waals surface area contributed by atoms with Crippen LogP contribution in [0.5, 0.6) is 0 Å². The van der Waals surface area contributed by atoms with Crippen LogP contribution in [0.4, 0.5) is 5.13 Å². The maximum Gasteiger partial charge on any atom is 0.276 e. The molecule has 9 heteroatoms. The van der Waals surface area contributed by atoms with Crippen LogP contribution >= 0.6 is 11.3 Å². The molecule has 29 heavy (non-hydrogen) atoms. The highest BCUT2D eigenvalue weighted by molar-refractivity contribution is 7.15. The molecule has 0 spiro atoms. The highest BCUT2D eigenvalue weighted by Crippen LogP contribution is 2.31. The van der Waals surface area contributed by atoms with Crippen LogP contribution in [-0.4, -0.2) is 43.2 Å². The standard InChI is InChI=1S/C20H20N6O2S/c27-18(13-5-4-6-13)23-20-22-15-9-10-25(12-17(15)29-20)19(28)16-11-21-26(24-16)14-7-2-1-3-8-14/h1-3,7-8,11,13H,4-6,9-10,12H2,(H,22,23,27). The zero-order valence-corrected chi connectivity index (χ0v) is 16.6. The molecule has 0 atom stereocenters. The third-order valence-corrected chi connectivity index (χ3v) is 6.42. The fourth-order valence-electron chi connectivity index (χ4n) is 3.51. The molecule has 3 aromatic rings. The second-order valence-electron chi connectivity index (χ2n) is 7.34. The zero-order chi connectivity index (χ0) is 19.8. The highest BCUT2D eigenvalue weighted by Gasteiger charge is 2.29. The van der Waals surface area contributed by atoms with E-state index in [1.54, 1.807) is 4.90 Å². The molecule has 2 aromatic heterocycles. The molecule has 0 unspecified atom stereocenters. The number of hydrogen-bond acceptors (Lipinski definition) is 6. The Morgan fingerprint density at radius 1 is 1.17 bits per heavy atom. The number of anilines is 1. The number of fused-ring (bicyclic) bond motifs is 1. The molecule has 0 bridgehead atoms. The van der Waals surface area contributed by atoms with E-state index in [-0.39, 0.29) is 17.7 Å². The average Bonchev–Trinajstić information content (AvgIpc) is 3.33. The lowest BCUT2D eigenvalue weighted by atomic mass is 9.85. The minimum atomic E-state index is -0.147. The average molecular weight is 408 g/mol. The Bertz CT molecular complexity index is 1060. The number of carbonyl (C=O) groups is 2. The van der Waals surface area contributed by atoms with Gasteiger partial charge in [-0.25, -0.2) is 4.98 Å². The van der Waals surface area contributed by atoms with Gasteiger partial charge in [-0.3, -0.25) is 9.59 Å². The van der Waals surface area contributed by atoms with Crippen molar-refractivity contribution in [3.05, 3.63) is 52.8 Å². The molecule has 8 nitrogen and oxygen atoms in total. The number of rotatable bonds is 4. The molecule has 1 fully saturated rings. The van der Waals surface area contributed by atoms with Crippen molar-refractivity contribution in [2.24, 2.45) is 5.92 Å². The molecule has 0 saturated heterocycles. The third-order valence-electron chi connectivity index (χ3n) is 5.42. The predicted octanol–water partition coefficient (Wildman–Crippen LogP) is 2.66. The van der Waals surface area contributed by atoms with Gasteiger partial charge in [-0.2, -0.15) is 9.90 Å². The number of nitrogens with one attached hydrogen (secondary N) is 1. The Balaban J connectivity index is 1.27. The number of hydrogen-bond donors (Lipinski definition) is 1. The van der Waals surface area contributed by atoms with Gasteiger partial charge >= 0.3 is 0 Å². The van der Waals surface area contributed by atoms with Gasteiger partial charge in [0.1, 0.15) is 0 Å². The molecule has 2 amide bonds. The molecule has 2 aliphatic rings. The third kappa shape index (κ3) is 3.53. The normalized spacial score (nSPS) is 16.2. The quantitative estimate of drug-likeness (QED) is 0.716. The van der Waals surface area contributed by atoms with Gasteiger partial charge in [-0.05, 0) is 25.0 Å². The lowest BCUT2D eigenvalue weighted by molar-refractivity contribution is -0.122. The van der Waals surface area contributed by atoms with Crippen LogP contribution in [-0.2, 0) is 17.8 Å². The summed E-state index contributed by atoms with van der Waals surface area (Å²) in [6, 6.07) is 9.49. The van der Waals surface area contributed by atoms with E-state index in [1.807, 2.05) is 30.3 Å². The van der Waals surface area contributed by atoms with E-state index >= 15 is 0 Å². The van der Waals surface area contributed by atoms with E-state index < -0.39 is 0 Å². The van der Waals surface area contributed by atoms with Crippen LogP contribution in [0, 0.1) is 5.92 Å². The summed E-state index contributed by atoms with van der Waals surface area (Å²) in [4.78, 5) is 33.9. The Morgan fingerprint density at radius 3 is 2.76 bits per heavy atom. The molecule has 0 radical (unpaired) electrons. The van der Waals surface area contributed by atoms with Gasteiger partial charge in [-0.15, -0.1) is 5.10 Å². The van der Waals surface area contributed by atoms with Crippen molar-refractivity contribution in [2.45, 2.75) is 32.2 Å². The first-order valence-electron chi connectivity index (χ1n) is 9.74. The molecule has 5 rings (SSSR count). The predicted molar refractivity (Wildman–Crippen MR) is 108 cm³/mol. The number of nitrogens with zero attached hydrogens (tertiary/aromatic N) is 5. The van der Waals surface area contributed by atoms with Crippen molar-refractivity contribution >= 4 is 28.3 Å². The lowest BCUT2D eigenvalue weighted by Gasteiger charge is -2.25. The molecule has 1 aliphatic heterocycles. The number of amides is 2. The molecule has 1 aliphatic carbocycles. The molecular weight excluding hydrogens is 388 g/mol. The van der Waals surface area contributed by atoms with Gasteiger partial charge in [0.05, 0.1) is 24.1 Å². The molecule has 148 valence electrons. The van der Waals surface area contributed by atoms with E-state index in [4.69, 9.17) is 0 Å². The van der Waals surface area contributed by atoms with Gasteiger partial charge < -0.3 is 10.2 Å². The topological polar surface area (TPSA) is 93.0 Å². The molecule has 1 aromatic carbocycles. The van der Waals surface area contributed by atoms with Crippen LogP contribution in [0.15, 0.2) is 36.5 Å². The minimum absolute atomic E-state index is 0.0628. The lowest BCUT2D eigenvalue weighted by Crippen LogP contribution is -2.35. The second-order valence-corrected chi connectivity index (χ2v) is 8.42. The smallest absolute Gasteiger partial charge is 0.276 e. The van der Waals surface area contributed by atoms with Crippen molar-refractivity contribution in [2.75, 3.05) is 11.9 Å². The van der Waals surface area contributed by atoms with Crippen LogP contribution in [0.25, 0.3) is 5.69 Å². The van der Waals surface area contributed by atoms with Crippen molar-refractivity contribution in [1.29, 1.82) is 0 Å². The second kappa shape index (κ2) is 7.40. The highest BCUT2D eigenvalue weighted by atomic mass is 32.1. The molecule has 1 N–H and O–H groups in total. The van der Waals surface area contributed by atoms with Crippen LogP contribution in [0.2, 0.25) is 0 Å². The van der Waals surface area contributed by atoms with E-state index in [1.165, 1.54) is 22.3 Å². The molecule has 3 heterocycles. The summed E-state index contributed by atoms with van der Waals surface area (Å²) in [5.41, 5.74) is 2.10. The number of benzene rings is 1. The molecular formula is C20H20N6O2S. The van der Waals surface area contributed by atoms with E-state index in [9.17, 15) is 9.59 Å². The summed E-state index contributed by atoms with van der Waals surface area (Å²) >= 11 is 1.46. The Morgan fingerprint density at radius 2 is 2.00 bits per heavy atom. The fraction of sp³-hybridized carbons (Fsp3) is 0.350. The minimum Gasteiger partial charge on any atom is -0.332 e.